The van der Waals surface area contributed by atoms with Gasteiger partial charge < -0.3 is 9.15 Å². The van der Waals surface area contributed by atoms with Gasteiger partial charge in [-0.1, -0.05) is 29.0 Å². The minimum absolute atomic E-state index is 0.315. The van der Waals surface area contributed by atoms with Crippen molar-refractivity contribution in [3.63, 3.8) is 0 Å². The highest BCUT2D eigenvalue weighted by Crippen LogP contribution is 2.22. The molecular formula is C19H26INO3. The number of piperidine rings is 1. The molecule has 1 aliphatic rings. The Hall–Kier alpha value is -1.08. The molecule has 1 unspecified atom stereocenters. The summed E-state index contributed by atoms with van der Waals surface area (Å²) >= 11 is 2.15. The van der Waals surface area contributed by atoms with Crippen molar-refractivity contribution in [3.05, 3.63) is 40.2 Å². The van der Waals surface area contributed by atoms with Crippen LogP contribution in [0, 0.1) is 6.92 Å². The zero-order chi connectivity index (χ0) is 17.5. The van der Waals surface area contributed by atoms with E-state index in [1.54, 1.807) is 0 Å². The molecule has 2 heterocycles. The van der Waals surface area contributed by atoms with Gasteiger partial charge in [-0.05, 0) is 55.9 Å². The highest BCUT2D eigenvalue weighted by Gasteiger charge is 2.17. The summed E-state index contributed by atoms with van der Waals surface area (Å²) in [5, 5.41) is 0.955. The molecule has 0 bridgehead atoms. The van der Waals surface area contributed by atoms with Gasteiger partial charge in [0.05, 0.1) is 0 Å². The minimum Gasteiger partial charge on any atom is -0.492 e. The predicted molar refractivity (Wildman–Crippen MR) is 108 cm³/mol. The standard InChI is InChI=1S/C18H23NO3.CH3I/c1-13-11-18(20)22-17-12-15(6-7-16(13)17)21-10-9-19-8-4-3-5-14(19)2;1-2/h6-7,11-12,14H,3-5,8-10H2,1-2H3;1H3. The van der Waals surface area contributed by atoms with Crippen molar-refractivity contribution in [3.8, 4) is 5.75 Å². The highest BCUT2D eigenvalue weighted by molar-refractivity contribution is 14.1. The van der Waals surface area contributed by atoms with Crippen LogP contribution >= 0.6 is 22.6 Å². The second-order valence-corrected chi connectivity index (χ2v) is 6.14. The Balaban J connectivity index is 0.00000100. The third-order valence-electron chi connectivity index (χ3n) is 4.51. The summed E-state index contributed by atoms with van der Waals surface area (Å²) in [6, 6.07) is 7.86. The average Bonchev–Trinajstić information content (AvgIpc) is 2.58. The number of halogens is 1. The third kappa shape index (κ3) is 4.96. The maximum atomic E-state index is 11.5. The van der Waals surface area contributed by atoms with Gasteiger partial charge in [-0.3, -0.25) is 4.90 Å². The van der Waals surface area contributed by atoms with E-state index < -0.39 is 0 Å². The first-order valence-electron chi connectivity index (χ1n) is 8.42. The van der Waals surface area contributed by atoms with Crippen molar-refractivity contribution >= 4 is 33.6 Å². The van der Waals surface area contributed by atoms with E-state index in [0.717, 1.165) is 29.8 Å². The lowest BCUT2D eigenvalue weighted by Gasteiger charge is -2.33. The first-order valence-corrected chi connectivity index (χ1v) is 10.6. The first-order chi connectivity index (χ1) is 11.6. The molecule has 0 spiro atoms. The molecule has 1 aromatic heterocycles. The first kappa shape index (κ1) is 19.2. The molecule has 24 heavy (non-hydrogen) atoms. The molecule has 0 amide bonds. The average molecular weight is 443 g/mol. The maximum Gasteiger partial charge on any atom is 0.336 e. The second kappa shape index (κ2) is 9.42. The molecule has 0 aliphatic carbocycles. The molecule has 132 valence electrons. The number of benzene rings is 1. The van der Waals surface area contributed by atoms with Gasteiger partial charge in [0.25, 0.3) is 0 Å². The zero-order valence-electron chi connectivity index (χ0n) is 14.7. The van der Waals surface area contributed by atoms with Crippen LogP contribution in [-0.2, 0) is 0 Å². The molecule has 0 N–H and O–H groups in total. The van der Waals surface area contributed by atoms with E-state index in [-0.39, 0.29) is 5.63 Å². The van der Waals surface area contributed by atoms with E-state index in [1.807, 2.05) is 30.1 Å². The molecule has 1 aromatic carbocycles. The van der Waals surface area contributed by atoms with Crippen molar-refractivity contribution in [2.24, 2.45) is 0 Å². The number of hydrogen-bond donors (Lipinski definition) is 0. The zero-order valence-corrected chi connectivity index (χ0v) is 16.8. The highest BCUT2D eigenvalue weighted by atomic mass is 127. The molecular weight excluding hydrogens is 417 g/mol. The summed E-state index contributed by atoms with van der Waals surface area (Å²) in [4.78, 5) is 15.9. The minimum atomic E-state index is -0.315. The number of fused-ring (bicyclic) bond motifs is 1. The van der Waals surface area contributed by atoms with Gasteiger partial charge in [-0.2, -0.15) is 0 Å². The summed E-state index contributed by atoms with van der Waals surface area (Å²) in [5.74, 6) is 0.755. The number of rotatable bonds is 4. The smallest absolute Gasteiger partial charge is 0.336 e. The number of aryl methyl sites for hydroxylation is 1. The van der Waals surface area contributed by atoms with E-state index in [0.29, 0.717) is 18.2 Å². The Morgan fingerprint density at radius 3 is 2.83 bits per heavy atom. The number of ether oxygens (including phenoxy) is 1. The maximum absolute atomic E-state index is 11.5. The predicted octanol–water partition coefficient (Wildman–Crippen LogP) is 4.41. The quantitative estimate of drug-likeness (QED) is 0.399. The van der Waals surface area contributed by atoms with Gasteiger partial charge in [0.15, 0.2) is 0 Å². The molecule has 1 atom stereocenters. The van der Waals surface area contributed by atoms with Crippen molar-refractivity contribution in [2.75, 3.05) is 24.6 Å². The molecule has 3 rings (SSSR count). The van der Waals surface area contributed by atoms with Crippen molar-refractivity contribution in [1.82, 2.24) is 4.90 Å². The van der Waals surface area contributed by atoms with Crippen LogP contribution in [0.5, 0.6) is 5.75 Å². The van der Waals surface area contributed by atoms with Crippen molar-refractivity contribution in [1.29, 1.82) is 0 Å². The van der Waals surface area contributed by atoms with E-state index >= 15 is 0 Å². The fraction of sp³-hybridized carbons (Fsp3) is 0.526. The van der Waals surface area contributed by atoms with Gasteiger partial charge in [-0.15, -0.1) is 0 Å². The van der Waals surface area contributed by atoms with Crippen LogP contribution in [0.25, 0.3) is 11.0 Å². The van der Waals surface area contributed by atoms with Crippen molar-refractivity contribution in [2.45, 2.75) is 39.2 Å². The fourth-order valence-corrected chi connectivity index (χ4v) is 3.17. The molecule has 2 aromatic rings. The van der Waals surface area contributed by atoms with Gasteiger partial charge in [0.2, 0.25) is 0 Å². The van der Waals surface area contributed by atoms with Gasteiger partial charge in [0.1, 0.15) is 17.9 Å². The number of likely N-dealkylation sites (tertiary alicyclic amines) is 1. The Bertz CT molecular complexity index is 713. The largest absolute Gasteiger partial charge is 0.492 e. The van der Waals surface area contributed by atoms with Gasteiger partial charge >= 0.3 is 5.63 Å². The van der Waals surface area contributed by atoms with E-state index in [9.17, 15) is 4.79 Å². The molecule has 5 heteroatoms. The van der Waals surface area contributed by atoms with Gasteiger partial charge in [-0.25, -0.2) is 4.79 Å². The van der Waals surface area contributed by atoms with Gasteiger partial charge in [0, 0.05) is 30.1 Å². The summed E-state index contributed by atoms with van der Waals surface area (Å²) in [7, 11) is 0. The molecule has 4 nitrogen and oxygen atoms in total. The molecule has 1 aliphatic heterocycles. The Morgan fingerprint density at radius 2 is 2.08 bits per heavy atom. The number of nitrogens with zero attached hydrogens (tertiary/aromatic N) is 1. The van der Waals surface area contributed by atoms with Crippen LogP contribution in [0.3, 0.4) is 0 Å². The molecule has 0 saturated carbocycles. The van der Waals surface area contributed by atoms with Crippen LogP contribution < -0.4 is 10.4 Å². The van der Waals surface area contributed by atoms with E-state index in [4.69, 9.17) is 9.15 Å². The van der Waals surface area contributed by atoms with Crippen LogP contribution in [0.4, 0.5) is 0 Å². The lowest BCUT2D eigenvalue weighted by Crippen LogP contribution is -2.39. The SMILES string of the molecule is CI.Cc1cc(=O)oc2cc(OCCN3CCCCC3C)ccc12. The molecule has 0 radical (unpaired) electrons. The molecule has 1 saturated heterocycles. The van der Waals surface area contributed by atoms with E-state index in [2.05, 4.69) is 34.4 Å². The number of hydrogen-bond acceptors (Lipinski definition) is 4. The Kier molecular flexibility index (Phi) is 7.55. The normalized spacial score (nSPS) is 18.1. The third-order valence-corrected chi connectivity index (χ3v) is 4.51. The second-order valence-electron chi connectivity index (χ2n) is 6.14. The van der Waals surface area contributed by atoms with Crippen LogP contribution in [0.15, 0.2) is 33.5 Å². The number of alkyl halides is 1. The lowest BCUT2D eigenvalue weighted by atomic mass is 10.0. The van der Waals surface area contributed by atoms with E-state index in [1.165, 1.54) is 25.3 Å². The Labute approximate surface area is 157 Å². The van der Waals surface area contributed by atoms with Crippen LogP contribution in [0.2, 0.25) is 0 Å². The van der Waals surface area contributed by atoms with Crippen molar-refractivity contribution < 1.29 is 9.15 Å². The lowest BCUT2D eigenvalue weighted by molar-refractivity contribution is 0.133. The topological polar surface area (TPSA) is 42.7 Å². The summed E-state index contributed by atoms with van der Waals surface area (Å²) < 4.78 is 11.1. The monoisotopic (exact) mass is 443 g/mol. The summed E-state index contributed by atoms with van der Waals surface area (Å²) in [6.45, 7) is 6.96. The summed E-state index contributed by atoms with van der Waals surface area (Å²) in [5.41, 5.74) is 1.21. The summed E-state index contributed by atoms with van der Waals surface area (Å²) in [6.07, 6.45) is 3.90. The Morgan fingerprint density at radius 1 is 1.29 bits per heavy atom. The van der Waals surface area contributed by atoms with Crippen LogP contribution in [0.1, 0.15) is 31.7 Å². The van der Waals surface area contributed by atoms with Crippen LogP contribution in [-0.4, -0.2) is 35.6 Å². The molecule has 1 fully saturated rings. The fourth-order valence-electron chi connectivity index (χ4n) is 3.17.